The maximum atomic E-state index is 12.9. The van der Waals surface area contributed by atoms with Gasteiger partial charge in [0.15, 0.2) is 5.69 Å². The molecule has 1 atom stereocenters. The van der Waals surface area contributed by atoms with Gasteiger partial charge in [-0.25, -0.2) is 9.48 Å². The second-order valence-electron chi connectivity index (χ2n) is 7.05. The number of benzene rings is 2. The van der Waals surface area contributed by atoms with Gasteiger partial charge in [0, 0.05) is 11.9 Å². The molecule has 0 aliphatic heterocycles. The van der Waals surface area contributed by atoms with Crippen LogP contribution in [0.4, 0.5) is 5.69 Å². The Bertz CT molecular complexity index is 1040. The number of nitrogens with zero attached hydrogens (tertiary/aromatic N) is 2. The van der Waals surface area contributed by atoms with E-state index in [4.69, 9.17) is 4.74 Å². The molecule has 0 saturated heterocycles. The summed E-state index contributed by atoms with van der Waals surface area (Å²) in [7, 11) is 0. The fraction of sp³-hybridized carbons (Fsp3) is 0.261. The molecule has 1 unspecified atom stereocenters. The van der Waals surface area contributed by atoms with Gasteiger partial charge in [-0.1, -0.05) is 30.3 Å². The van der Waals surface area contributed by atoms with Crippen molar-refractivity contribution in [3.8, 4) is 5.69 Å². The normalized spacial score (nSPS) is 15.4. The molecule has 0 radical (unpaired) electrons. The molecular formula is C23H23N3O3. The molecule has 0 fully saturated rings. The number of nitrogens with one attached hydrogen (secondary N) is 1. The zero-order valence-electron chi connectivity index (χ0n) is 16.3. The zero-order valence-corrected chi connectivity index (χ0v) is 16.3. The topological polar surface area (TPSA) is 73.2 Å². The number of aryl methyl sites for hydroxylation is 1. The van der Waals surface area contributed by atoms with Crippen LogP contribution < -0.4 is 5.32 Å². The summed E-state index contributed by atoms with van der Waals surface area (Å²) >= 11 is 0. The van der Waals surface area contributed by atoms with Gasteiger partial charge in [0.2, 0.25) is 5.91 Å². The summed E-state index contributed by atoms with van der Waals surface area (Å²) in [5, 5.41) is 7.31. The highest BCUT2D eigenvalue weighted by atomic mass is 16.5. The monoisotopic (exact) mass is 389 g/mol. The molecule has 0 saturated carbocycles. The number of esters is 1. The van der Waals surface area contributed by atoms with E-state index < -0.39 is 5.97 Å². The first-order chi connectivity index (χ1) is 14.2. The van der Waals surface area contributed by atoms with Crippen molar-refractivity contribution in [2.45, 2.75) is 32.1 Å². The minimum Gasteiger partial charge on any atom is -0.461 e. The fourth-order valence-corrected chi connectivity index (χ4v) is 3.76. The van der Waals surface area contributed by atoms with E-state index in [0.717, 1.165) is 30.5 Å². The van der Waals surface area contributed by atoms with Crippen LogP contribution >= 0.6 is 0 Å². The first kappa shape index (κ1) is 18.9. The number of aromatic nitrogens is 2. The largest absolute Gasteiger partial charge is 0.461 e. The van der Waals surface area contributed by atoms with Gasteiger partial charge in [0.25, 0.3) is 0 Å². The van der Waals surface area contributed by atoms with Gasteiger partial charge in [-0.3, -0.25) is 4.79 Å². The summed E-state index contributed by atoms with van der Waals surface area (Å²) in [6, 6.07) is 17.2. The molecule has 29 heavy (non-hydrogen) atoms. The highest BCUT2D eigenvalue weighted by Gasteiger charge is 2.26. The van der Waals surface area contributed by atoms with Crippen LogP contribution in [0.2, 0.25) is 0 Å². The van der Waals surface area contributed by atoms with Crippen molar-refractivity contribution in [1.29, 1.82) is 0 Å². The van der Waals surface area contributed by atoms with Gasteiger partial charge >= 0.3 is 5.97 Å². The molecule has 148 valence electrons. The molecule has 6 heteroatoms. The predicted octanol–water partition coefficient (Wildman–Crippen LogP) is 4.11. The first-order valence-corrected chi connectivity index (χ1v) is 9.87. The highest BCUT2D eigenvalue weighted by Crippen LogP contribution is 2.32. The summed E-state index contributed by atoms with van der Waals surface area (Å²) in [4.78, 5) is 24.8. The number of hydrogen-bond donors (Lipinski definition) is 1. The standard InChI is InChI=1S/C23H23N3O3/c1-2-29-23(28)21-13-14-26(25-21)18-10-6-9-17(15-18)24-22(27)20-12-5-8-16-7-3-4-11-19(16)20/h3-4,6-7,9-11,13-15,20H,2,5,8,12H2,1H3,(H,24,27). The van der Waals surface area contributed by atoms with E-state index in [1.165, 1.54) is 5.56 Å². The summed E-state index contributed by atoms with van der Waals surface area (Å²) in [6.07, 6.45) is 4.59. The van der Waals surface area contributed by atoms with Crippen LogP contribution in [0.25, 0.3) is 5.69 Å². The molecule has 0 spiro atoms. The van der Waals surface area contributed by atoms with Crippen LogP contribution in [0.1, 0.15) is 47.3 Å². The third-order valence-electron chi connectivity index (χ3n) is 5.14. The van der Waals surface area contributed by atoms with Gasteiger partial charge < -0.3 is 10.1 Å². The van der Waals surface area contributed by atoms with E-state index >= 15 is 0 Å². The molecule has 0 bridgehead atoms. The number of carbonyl (C=O) groups excluding carboxylic acids is 2. The number of amides is 1. The molecule has 3 aromatic rings. The Labute approximate surface area is 169 Å². The third-order valence-corrected chi connectivity index (χ3v) is 5.14. The van der Waals surface area contributed by atoms with Crippen molar-refractivity contribution in [2.75, 3.05) is 11.9 Å². The van der Waals surface area contributed by atoms with Crippen LogP contribution in [0.3, 0.4) is 0 Å². The number of hydrogen-bond acceptors (Lipinski definition) is 4. The van der Waals surface area contributed by atoms with Crippen LogP contribution in [0, 0.1) is 0 Å². The lowest BCUT2D eigenvalue weighted by molar-refractivity contribution is -0.117. The Morgan fingerprint density at radius 3 is 2.90 bits per heavy atom. The number of anilines is 1. The van der Waals surface area contributed by atoms with Crippen LogP contribution in [-0.4, -0.2) is 28.3 Å². The summed E-state index contributed by atoms with van der Waals surface area (Å²) in [5.41, 5.74) is 4.08. The van der Waals surface area contributed by atoms with Crippen molar-refractivity contribution in [1.82, 2.24) is 9.78 Å². The van der Waals surface area contributed by atoms with Crippen molar-refractivity contribution in [3.05, 3.63) is 77.6 Å². The molecule has 1 heterocycles. The SMILES string of the molecule is CCOC(=O)c1ccn(-c2cccc(NC(=O)C3CCCc4ccccc43)c2)n1. The maximum absolute atomic E-state index is 12.9. The zero-order chi connectivity index (χ0) is 20.2. The average molecular weight is 389 g/mol. The molecule has 1 N–H and O–H groups in total. The molecular weight excluding hydrogens is 366 g/mol. The number of fused-ring (bicyclic) bond motifs is 1. The Hall–Kier alpha value is -3.41. The summed E-state index contributed by atoms with van der Waals surface area (Å²) < 4.78 is 6.57. The lowest BCUT2D eigenvalue weighted by Gasteiger charge is -2.24. The molecule has 1 aromatic heterocycles. The van der Waals surface area contributed by atoms with Gasteiger partial charge in [-0.05, 0) is 61.6 Å². The van der Waals surface area contributed by atoms with Gasteiger partial charge in [-0.15, -0.1) is 0 Å². The van der Waals surface area contributed by atoms with E-state index in [0.29, 0.717) is 12.3 Å². The van der Waals surface area contributed by atoms with E-state index in [1.807, 2.05) is 36.4 Å². The minimum absolute atomic E-state index is 0.00183. The van der Waals surface area contributed by atoms with E-state index in [-0.39, 0.29) is 17.5 Å². The highest BCUT2D eigenvalue weighted by molar-refractivity contribution is 5.96. The summed E-state index contributed by atoms with van der Waals surface area (Å²) in [6.45, 7) is 2.06. The number of ether oxygens (including phenoxy) is 1. The molecule has 1 amide bonds. The number of carbonyl (C=O) groups is 2. The minimum atomic E-state index is -0.452. The molecule has 1 aliphatic carbocycles. The Morgan fingerprint density at radius 1 is 1.17 bits per heavy atom. The van der Waals surface area contributed by atoms with Crippen LogP contribution in [0.15, 0.2) is 60.8 Å². The van der Waals surface area contributed by atoms with Gasteiger partial charge in [-0.2, -0.15) is 5.10 Å². The van der Waals surface area contributed by atoms with Crippen molar-refractivity contribution in [2.24, 2.45) is 0 Å². The molecule has 4 rings (SSSR count). The van der Waals surface area contributed by atoms with E-state index in [9.17, 15) is 9.59 Å². The molecule has 2 aromatic carbocycles. The van der Waals surface area contributed by atoms with E-state index in [2.05, 4.69) is 22.5 Å². The molecule has 1 aliphatic rings. The Balaban J connectivity index is 1.51. The van der Waals surface area contributed by atoms with Gasteiger partial charge in [0.1, 0.15) is 0 Å². The second-order valence-corrected chi connectivity index (χ2v) is 7.05. The predicted molar refractivity (Wildman–Crippen MR) is 110 cm³/mol. The van der Waals surface area contributed by atoms with E-state index in [1.54, 1.807) is 23.9 Å². The van der Waals surface area contributed by atoms with Crippen molar-refractivity contribution < 1.29 is 14.3 Å². The van der Waals surface area contributed by atoms with Crippen LogP contribution in [0.5, 0.6) is 0 Å². The maximum Gasteiger partial charge on any atom is 0.358 e. The molecule has 6 nitrogen and oxygen atoms in total. The van der Waals surface area contributed by atoms with Crippen molar-refractivity contribution >= 4 is 17.6 Å². The Kier molecular flexibility index (Phi) is 5.42. The first-order valence-electron chi connectivity index (χ1n) is 9.87. The van der Waals surface area contributed by atoms with Gasteiger partial charge in [0.05, 0.1) is 18.2 Å². The lowest BCUT2D eigenvalue weighted by Crippen LogP contribution is -2.24. The average Bonchev–Trinajstić information content (AvgIpc) is 3.24. The number of rotatable bonds is 5. The Morgan fingerprint density at radius 2 is 2.03 bits per heavy atom. The fourth-order valence-electron chi connectivity index (χ4n) is 3.76. The second kappa shape index (κ2) is 8.31. The third kappa shape index (κ3) is 4.06. The lowest BCUT2D eigenvalue weighted by atomic mass is 9.82. The summed E-state index contributed by atoms with van der Waals surface area (Å²) in [5.74, 6) is -0.586. The van der Waals surface area contributed by atoms with Crippen molar-refractivity contribution in [3.63, 3.8) is 0 Å². The van der Waals surface area contributed by atoms with Crippen LogP contribution in [-0.2, 0) is 16.0 Å². The quantitative estimate of drug-likeness (QED) is 0.667. The smallest absolute Gasteiger partial charge is 0.358 e.